The molecular formula is C14H25N3. The Morgan fingerprint density at radius 1 is 1.41 bits per heavy atom. The van der Waals surface area contributed by atoms with Gasteiger partial charge in [0.1, 0.15) is 5.82 Å². The van der Waals surface area contributed by atoms with Crippen LogP contribution in [0.25, 0.3) is 0 Å². The Bertz CT molecular complexity index is 325. The Kier molecular flexibility index (Phi) is 5.98. The molecule has 0 fully saturated rings. The van der Waals surface area contributed by atoms with Crippen LogP contribution in [-0.2, 0) is 6.54 Å². The highest BCUT2D eigenvalue weighted by Crippen LogP contribution is 2.21. The summed E-state index contributed by atoms with van der Waals surface area (Å²) in [5.41, 5.74) is 6.93. The van der Waals surface area contributed by atoms with Crippen LogP contribution in [0.1, 0.15) is 45.6 Å². The van der Waals surface area contributed by atoms with Crippen molar-refractivity contribution in [3.05, 3.63) is 23.9 Å². The molecule has 0 saturated carbocycles. The number of rotatable bonds is 7. The van der Waals surface area contributed by atoms with Crippen LogP contribution < -0.4 is 10.6 Å². The van der Waals surface area contributed by atoms with E-state index in [9.17, 15) is 0 Å². The molecule has 0 aromatic carbocycles. The zero-order chi connectivity index (χ0) is 12.7. The number of pyridine rings is 1. The van der Waals surface area contributed by atoms with Crippen LogP contribution in [0.2, 0.25) is 0 Å². The largest absolute Gasteiger partial charge is 0.354 e. The highest BCUT2D eigenvalue weighted by atomic mass is 15.2. The number of hydrogen-bond acceptors (Lipinski definition) is 3. The second-order valence-electron chi connectivity index (χ2n) is 4.49. The molecule has 1 atom stereocenters. The molecule has 1 heterocycles. The second kappa shape index (κ2) is 7.28. The van der Waals surface area contributed by atoms with Gasteiger partial charge in [0.05, 0.1) is 0 Å². The van der Waals surface area contributed by atoms with E-state index in [-0.39, 0.29) is 0 Å². The number of unbranched alkanes of at least 4 members (excludes halogenated alkanes) is 1. The van der Waals surface area contributed by atoms with Crippen LogP contribution in [-0.4, -0.2) is 17.6 Å². The summed E-state index contributed by atoms with van der Waals surface area (Å²) in [7, 11) is 0. The zero-order valence-electron chi connectivity index (χ0n) is 11.3. The van der Waals surface area contributed by atoms with Crippen LogP contribution in [0.15, 0.2) is 18.3 Å². The van der Waals surface area contributed by atoms with Gasteiger partial charge in [-0.2, -0.15) is 0 Å². The first-order valence-corrected chi connectivity index (χ1v) is 6.65. The molecule has 17 heavy (non-hydrogen) atoms. The molecule has 0 bridgehead atoms. The van der Waals surface area contributed by atoms with E-state index < -0.39 is 0 Å². The number of nitrogens with zero attached hydrogens (tertiary/aromatic N) is 2. The van der Waals surface area contributed by atoms with Crippen LogP contribution in [0.4, 0.5) is 5.82 Å². The summed E-state index contributed by atoms with van der Waals surface area (Å²) in [6, 6.07) is 4.55. The van der Waals surface area contributed by atoms with E-state index >= 15 is 0 Å². The Hall–Kier alpha value is -1.09. The Morgan fingerprint density at radius 3 is 2.76 bits per heavy atom. The van der Waals surface area contributed by atoms with Gasteiger partial charge < -0.3 is 10.6 Å². The molecule has 0 saturated heterocycles. The van der Waals surface area contributed by atoms with E-state index in [0.29, 0.717) is 12.6 Å². The van der Waals surface area contributed by atoms with E-state index in [4.69, 9.17) is 5.73 Å². The molecule has 3 heteroatoms. The van der Waals surface area contributed by atoms with Gasteiger partial charge >= 0.3 is 0 Å². The van der Waals surface area contributed by atoms with Gasteiger partial charge in [0.15, 0.2) is 0 Å². The quantitative estimate of drug-likeness (QED) is 0.790. The maximum absolute atomic E-state index is 5.79. The molecule has 1 aromatic heterocycles. The summed E-state index contributed by atoms with van der Waals surface area (Å²) >= 11 is 0. The first kappa shape index (κ1) is 14.0. The van der Waals surface area contributed by atoms with Crippen molar-refractivity contribution in [2.75, 3.05) is 11.4 Å². The molecule has 3 nitrogen and oxygen atoms in total. The summed E-state index contributed by atoms with van der Waals surface area (Å²) in [6.45, 7) is 8.31. The fraction of sp³-hybridized carbons (Fsp3) is 0.643. The van der Waals surface area contributed by atoms with Crippen molar-refractivity contribution in [3.63, 3.8) is 0 Å². The van der Waals surface area contributed by atoms with Crippen molar-refractivity contribution in [1.82, 2.24) is 4.98 Å². The van der Waals surface area contributed by atoms with Crippen molar-refractivity contribution in [2.24, 2.45) is 5.73 Å². The van der Waals surface area contributed by atoms with Gasteiger partial charge in [0, 0.05) is 30.9 Å². The average Bonchev–Trinajstić information content (AvgIpc) is 2.39. The van der Waals surface area contributed by atoms with Crippen LogP contribution in [0, 0.1) is 0 Å². The van der Waals surface area contributed by atoms with E-state index in [1.807, 2.05) is 12.3 Å². The first-order valence-electron chi connectivity index (χ1n) is 6.65. The van der Waals surface area contributed by atoms with Gasteiger partial charge in [-0.3, -0.25) is 0 Å². The average molecular weight is 235 g/mol. The smallest absolute Gasteiger partial charge is 0.133 e. The van der Waals surface area contributed by atoms with E-state index in [1.165, 1.54) is 12.8 Å². The van der Waals surface area contributed by atoms with E-state index in [1.54, 1.807) is 0 Å². The van der Waals surface area contributed by atoms with E-state index in [0.717, 1.165) is 24.3 Å². The van der Waals surface area contributed by atoms with Gasteiger partial charge in [-0.1, -0.05) is 26.3 Å². The summed E-state index contributed by atoms with van der Waals surface area (Å²) in [5, 5.41) is 0. The number of hydrogen-bond donors (Lipinski definition) is 1. The molecule has 1 aromatic rings. The lowest BCUT2D eigenvalue weighted by molar-refractivity contribution is 0.587. The molecule has 0 aliphatic carbocycles. The number of nitrogens with two attached hydrogens (primary N) is 1. The predicted octanol–water partition coefficient (Wildman–Crippen LogP) is 2.95. The van der Waals surface area contributed by atoms with Crippen molar-refractivity contribution < 1.29 is 0 Å². The van der Waals surface area contributed by atoms with Gasteiger partial charge in [-0.15, -0.1) is 0 Å². The molecular weight excluding hydrogens is 210 g/mol. The maximum atomic E-state index is 5.79. The Balaban J connectivity index is 2.94. The maximum Gasteiger partial charge on any atom is 0.133 e. The molecule has 1 rings (SSSR count). The molecule has 0 radical (unpaired) electrons. The molecule has 0 aliphatic rings. The molecule has 96 valence electrons. The molecule has 0 spiro atoms. The van der Waals surface area contributed by atoms with Gasteiger partial charge in [-0.25, -0.2) is 4.98 Å². The first-order chi connectivity index (χ1) is 8.24. The summed E-state index contributed by atoms with van der Waals surface area (Å²) < 4.78 is 0. The third kappa shape index (κ3) is 3.70. The highest BCUT2D eigenvalue weighted by Gasteiger charge is 2.16. The Labute approximate surface area is 105 Å². The van der Waals surface area contributed by atoms with Crippen LogP contribution >= 0.6 is 0 Å². The molecule has 1 unspecified atom stereocenters. The fourth-order valence-electron chi connectivity index (χ4n) is 1.93. The summed E-state index contributed by atoms with van der Waals surface area (Å²) in [5.74, 6) is 1.07. The monoisotopic (exact) mass is 235 g/mol. The number of anilines is 1. The zero-order valence-corrected chi connectivity index (χ0v) is 11.3. The lowest BCUT2D eigenvalue weighted by atomic mass is 10.1. The van der Waals surface area contributed by atoms with Gasteiger partial charge in [0.2, 0.25) is 0 Å². The van der Waals surface area contributed by atoms with Crippen LogP contribution in [0.5, 0.6) is 0 Å². The minimum atomic E-state index is 0.516. The standard InChI is InChI=1S/C14H25N3/c1-4-6-10-17(12(3)5-2)14-13(11-15)8-7-9-16-14/h7-9,12H,4-6,10-11,15H2,1-3H3. The van der Waals surface area contributed by atoms with E-state index in [2.05, 4.69) is 36.7 Å². The predicted molar refractivity (Wildman–Crippen MR) is 74.1 cm³/mol. The fourth-order valence-corrected chi connectivity index (χ4v) is 1.93. The normalized spacial score (nSPS) is 12.5. The van der Waals surface area contributed by atoms with Gasteiger partial charge in [-0.05, 0) is 25.8 Å². The second-order valence-corrected chi connectivity index (χ2v) is 4.49. The third-order valence-corrected chi connectivity index (χ3v) is 3.23. The lowest BCUT2D eigenvalue weighted by Gasteiger charge is -2.31. The van der Waals surface area contributed by atoms with Crippen molar-refractivity contribution in [2.45, 2.75) is 52.6 Å². The molecule has 2 N–H and O–H groups in total. The summed E-state index contributed by atoms with van der Waals surface area (Å²) in [6.07, 6.45) is 5.39. The van der Waals surface area contributed by atoms with Gasteiger partial charge in [0.25, 0.3) is 0 Å². The van der Waals surface area contributed by atoms with Crippen molar-refractivity contribution >= 4 is 5.82 Å². The number of aromatic nitrogens is 1. The summed E-state index contributed by atoms with van der Waals surface area (Å²) in [4.78, 5) is 6.91. The highest BCUT2D eigenvalue weighted by molar-refractivity contribution is 5.47. The lowest BCUT2D eigenvalue weighted by Crippen LogP contribution is -2.35. The Morgan fingerprint density at radius 2 is 2.18 bits per heavy atom. The van der Waals surface area contributed by atoms with Crippen molar-refractivity contribution in [1.29, 1.82) is 0 Å². The topological polar surface area (TPSA) is 42.2 Å². The third-order valence-electron chi connectivity index (χ3n) is 3.23. The minimum Gasteiger partial charge on any atom is -0.354 e. The molecule has 0 aliphatic heterocycles. The van der Waals surface area contributed by atoms with Crippen molar-refractivity contribution in [3.8, 4) is 0 Å². The minimum absolute atomic E-state index is 0.516. The molecule has 0 amide bonds. The SMILES string of the molecule is CCCCN(c1ncccc1CN)C(C)CC. The van der Waals surface area contributed by atoms with Crippen LogP contribution in [0.3, 0.4) is 0 Å².